The molecular formula is C21H32N6O3Si. The second kappa shape index (κ2) is 9.07. The van der Waals surface area contributed by atoms with Crippen molar-refractivity contribution in [2.24, 2.45) is 0 Å². The van der Waals surface area contributed by atoms with E-state index in [1.165, 1.54) is 0 Å². The van der Waals surface area contributed by atoms with Crippen molar-refractivity contribution < 1.29 is 14.6 Å². The fraction of sp³-hybridized carbons (Fsp3) is 0.571. The van der Waals surface area contributed by atoms with Crippen LogP contribution in [0.1, 0.15) is 12.5 Å². The molecule has 1 aliphatic heterocycles. The van der Waals surface area contributed by atoms with Crippen LogP contribution in [0, 0.1) is 0 Å². The Kier molecular flexibility index (Phi) is 6.42. The van der Waals surface area contributed by atoms with Crippen molar-refractivity contribution >= 4 is 24.9 Å². The third-order valence-corrected chi connectivity index (χ3v) is 7.21. The summed E-state index contributed by atoms with van der Waals surface area (Å²) in [5.41, 5.74) is 1.49. The molecule has 0 spiro atoms. The Bertz CT molecular complexity index is 1030. The van der Waals surface area contributed by atoms with Gasteiger partial charge in [-0.2, -0.15) is 14.9 Å². The molecule has 168 valence electrons. The van der Waals surface area contributed by atoms with E-state index in [-0.39, 0.29) is 12.6 Å². The number of hydrogen-bond donors (Lipinski definition) is 1. The third-order valence-electron chi connectivity index (χ3n) is 5.51. The van der Waals surface area contributed by atoms with Crippen molar-refractivity contribution in [1.29, 1.82) is 0 Å². The van der Waals surface area contributed by atoms with Gasteiger partial charge in [-0.15, -0.1) is 0 Å². The first-order valence-electron chi connectivity index (χ1n) is 10.8. The summed E-state index contributed by atoms with van der Waals surface area (Å²) in [6.07, 6.45) is 3.63. The molecule has 1 N–H and O–H groups in total. The Morgan fingerprint density at radius 2 is 2.13 bits per heavy atom. The van der Waals surface area contributed by atoms with Crippen LogP contribution < -0.4 is 4.90 Å². The largest absolute Gasteiger partial charge is 0.392 e. The Hall–Kier alpha value is -2.27. The van der Waals surface area contributed by atoms with Crippen LogP contribution in [0.4, 0.5) is 5.82 Å². The first-order chi connectivity index (χ1) is 14.9. The highest BCUT2D eigenvalue weighted by Gasteiger charge is 2.23. The summed E-state index contributed by atoms with van der Waals surface area (Å²) in [5.74, 6) is 1.50. The molecule has 3 aromatic heterocycles. The molecule has 10 heteroatoms. The molecule has 1 atom stereocenters. The molecule has 0 radical (unpaired) electrons. The number of fused-ring (bicyclic) bond motifs is 1. The normalized spacial score (nSPS) is 17.6. The van der Waals surface area contributed by atoms with Gasteiger partial charge >= 0.3 is 0 Å². The van der Waals surface area contributed by atoms with Gasteiger partial charge in [0.15, 0.2) is 11.5 Å². The molecule has 3 aromatic rings. The summed E-state index contributed by atoms with van der Waals surface area (Å²) in [6, 6.07) is 5.19. The summed E-state index contributed by atoms with van der Waals surface area (Å²) in [4.78, 5) is 7.10. The Morgan fingerprint density at radius 1 is 1.29 bits per heavy atom. The first-order valence-corrected chi connectivity index (χ1v) is 14.5. The van der Waals surface area contributed by atoms with Crippen molar-refractivity contribution in [2.75, 3.05) is 31.3 Å². The van der Waals surface area contributed by atoms with Crippen molar-refractivity contribution in [3.05, 3.63) is 30.1 Å². The fourth-order valence-corrected chi connectivity index (χ4v) is 4.39. The molecule has 0 aromatic carbocycles. The fourth-order valence-electron chi connectivity index (χ4n) is 3.64. The Balaban J connectivity index is 1.58. The molecule has 1 saturated heterocycles. The highest BCUT2D eigenvalue weighted by atomic mass is 28.3. The minimum atomic E-state index is -1.11. The molecule has 1 aliphatic rings. The number of aromatic nitrogens is 5. The Labute approximate surface area is 183 Å². The average molecular weight is 445 g/mol. The number of ether oxygens (including phenoxy) is 2. The number of anilines is 1. The van der Waals surface area contributed by atoms with Gasteiger partial charge in [0.05, 0.1) is 32.1 Å². The molecule has 4 heterocycles. The summed E-state index contributed by atoms with van der Waals surface area (Å²) in [7, 11) is -1.11. The number of aliphatic hydroxyl groups is 1. The maximum absolute atomic E-state index is 9.94. The van der Waals surface area contributed by atoms with Crippen LogP contribution in [0.25, 0.3) is 16.9 Å². The monoisotopic (exact) mass is 444 g/mol. The van der Waals surface area contributed by atoms with Crippen LogP contribution in [0.15, 0.2) is 24.5 Å². The van der Waals surface area contributed by atoms with Crippen LogP contribution in [0.2, 0.25) is 25.7 Å². The lowest BCUT2D eigenvalue weighted by Crippen LogP contribution is -2.44. The van der Waals surface area contributed by atoms with Gasteiger partial charge in [0.1, 0.15) is 12.5 Å². The summed E-state index contributed by atoms with van der Waals surface area (Å²) < 4.78 is 14.9. The van der Waals surface area contributed by atoms with E-state index in [2.05, 4.69) is 41.7 Å². The van der Waals surface area contributed by atoms with Crippen LogP contribution in [0.5, 0.6) is 0 Å². The minimum Gasteiger partial charge on any atom is -0.392 e. The number of nitrogens with zero attached hydrogens (tertiary/aromatic N) is 6. The van der Waals surface area contributed by atoms with Gasteiger partial charge in [-0.1, -0.05) is 19.6 Å². The van der Waals surface area contributed by atoms with Gasteiger partial charge in [0.2, 0.25) is 0 Å². The second-order valence-electron chi connectivity index (χ2n) is 9.27. The van der Waals surface area contributed by atoms with Gasteiger partial charge in [0, 0.05) is 38.9 Å². The minimum absolute atomic E-state index is 0.0736. The van der Waals surface area contributed by atoms with E-state index in [1.54, 1.807) is 15.6 Å². The number of morpholine rings is 1. The van der Waals surface area contributed by atoms with Gasteiger partial charge in [-0.25, -0.2) is 9.67 Å². The summed E-state index contributed by atoms with van der Waals surface area (Å²) >= 11 is 0. The first kappa shape index (κ1) is 21.9. The molecule has 0 amide bonds. The van der Waals surface area contributed by atoms with E-state index in [4.69, 9.17) is 14.5 Å². The predicted molar refractivity (Wildman–Crippen MR) is 122 cm³/mol. The molecule has 0 saturated carbocycles. The lowest BCUT2D eigenvalue weighted by atomic mass is 10.1. The zero-order valence-electron chi connectivity index (χ0n) is 18.8. The highest BCUT2D eigenvalue weighted by Crippen LogP contribution is 2.26. The van der Waals surface area contributed by atoms with Gasteiger partial charge in [-0.3, -0.25) is 0 Å². The van der Waals surface area contributed by atoms with Gasteiger partial charge in [0.25, 0.3) is 0 Å². The molecule has 0 aliphatic carbocycles. The van der Waals surface area contributed by atoms with Crippen molar-refractivity contribution in [3.63, 3.8) is 0 Å². The lowest BCUT2D eigenvalue weighted by Gasteiger charge is -2.34. The molecule has 9 nitrogen and oxygen atoms in total. The van der Waals surface area contributed by atoms with Crippen molar-refractivity contribution in [2.45, 2.75) is 52.0 Å². The highest BCUT2D eigenvalue weighted by molar-refractivity contribution is 6.76. The average Bonchev–Trinajstić information content (AvgIpc) is 3.37. The molecule has 4 rings (SSSR count). The molecule has 31 heavy (non-hydrogen) atoms. The van der Waals surface area contributed by atoms with Crippen LogP contribution in [0.3, 0.4) is 0 Å². The van der Waals surface area contributed by atoms with E-state index in [1.807, 2.05) is 18.3 Å². The number of pyridine rings is 1. The summed E-state index contributed by atoms with van der Waals surface area (Å²) in [6.45, 7) is 12.3. The predicted octanol–water partition coefficient (Wildman–Crippen LogP) is 2.65. The second-order valence-corrected chi connectivity index (χ2v) is 14.9. The number of aliphatic hydroxyl groups excluding tert-OH is 1. The zero-order chi connectivity index (χ0) is 22.0. The van der Waals surface area contributed by atoms with Crippen LogP contribution in [-0.4, -0.2) is 70.1 Å². The SMILES string of the molecule is CC1COCCN1c1cc(CO)c2cnn(-c3ccn(COCC[Si](C)(C)C)n3)c2n1. The Morgan fingerprint density at radius 3 is 2.87 bits per heavy atom. The van der Waals surface area contributed by atoms with E-state index >= 15 is 0 Å². The maximum atomic E-state index is 9.94. The summed E-state index contributed by atoms with van der Waals surface area (Å²) in [5, 5.41) is 19.9. The number of hydrogen-bond acceptors (Lipinski definition) is 7. The molecule has 1 unspecified atom stereocenters. The number of rotatable bonds is 8. The molecule has 1 fully saturated rings. The van der Waals surface area contributed by atoms with Crippen molar-refractivity contribution in [3.8, 4) is 5.82 Å². The quantitative estimate of drug-likeness (QED) is 0.422. The van der Waals surface area contributed by atoms with Gasteiger partial charge in [-0.05, 0) is 24.6 Å². The third kappa shape index (κ3) is 4.98. The topological polar surface area (TPSA) is 90.5 Å². The van der Waals surface area contributed by atoms with Gasteiger partial charge < -0.3 is 19.5 Å². The van der Waals surface area contributed by atoms with E-state index in [9.17, 15) is 5.11 Å². The van der Waals surface area contributed by atoms with E-state index < -0.39 is 8.07 Å². The maximum Gasteiger partial charge on any atom is 0.177 e. The van der Waals surface area contributed by atoms with Crippen molar-refractivity contribution in [1.82, 2.24) is 24.5 Å². The van der Waals surface area contributed by atoms with Crippen LogP contribution >= 0.6 is 0 Å². The van der Waals surface area contributed by atoms with Crippen LogP contribution in [-0.2, 0) is 22.8 Å². The lowest BCUT2D eigenvalue weighted by molar-refractivity contribution is 0.0785. The zero-order valence-corrected chi connectivity index (χ0v) is 19.8. The molecule has 0 bridgehead atoms. The smallest absolute Gasteiger partial charge is 0.177 e. The standard InChI is InChI=1S/C21H32N6O3Si/c1-16-14-29-8-7-26(16)20-11-17(13-28)18-12-22-27(21(18)23-20)19-5-6-25(24-19)15-30-9-10-31(2,3)4/h5-6,11-12,16,28H,7-10,13-15H2,1-4H3. The van der Waals surface area contributed by atoms with E-state index in [0.717, 1.165) is 36.0 Å². The van der Waals surface area contributed by atoms with E-state index in [0.29, 0.717) is 31.4 Å². The molecular weight excluding hydrogens is 412 g/mol.